The van der Waals surface area contributed by atoms with Crippen LogP contribution >= 0.6 is 0 Å². The summed E-state index contributed by atoms with van der Waals surface area (Å²) >= 11 is 0. The zero-order valence-electron chi connectivity index (χ0n) is 17.1. The average molecular weight is 378 g/mol. The standard InChI is InChI=1S/C22H26N4O2/c1-6-17(15-7-8-15)26-21-20(25-14(4)22(26)27)19(23-11-24-21)16-9-13(3)18(28-5)10-12(16)2/h9-11,15,17H,6-8H2,1-5H3. The summed E-state index contributed by atoms with van der Waals surface area (Å²) in [6.07, 6.45) is 4.79. The Labute approximate surface area is 164 Å². The number of aromatic nitrogens is 4. The molecule has 3 aromatic rings. The van der Waals surface area contributed by atoms with Gasteiger partial charge in [-0.25, -0.2) is 15.0 Å². The first-order valence-electron chi connectivity index (χ1n) is 9.85. The quantitative estimate of drug-likeness (QED) is 0.667. The van der Waals surface area contributed by atoms with Crippen LogP contribution in [0.15, 0.2) is 23.3 Å². The minimum Gasteiger partial charge on any atom is -0.496 e. The van der Waals surface area contributed by atoms with Crippen LogP contribution in [0.2, 0.25) is 0 Å². The molecule has 1 fully saturated rings. The van der Waals surface area contributed by atoms with Crippen LogP contribution in [0.4, 0.5) is 0 Å². The second-order valence-electron chi connectivity index (χ2n) is 7.72. The van der Waals surface area contributed by atoms with Gasteiger partial charge in [-0.3, -0.25) is 9.36 Å². The van der Waals surface area contributed by atoms with Crippen LogP contribution in [0.5, 0.6) is 5.75 Å². The van der Waals surface area contributed by atoms with Gasteiger partial charge >= 0.3 is 0 Å². The van der Waals surface area contributed by atoms with E-state index < -0.39 is 0 Å². The van der Waals surface area contributed by atoms with Crippen molar-refractivity contribution >= 4 is 11.2 Å². The third kappa shape index (κ3) is 2.97. The van der Waals surface area contributed by atoms with Crippen molar-refractivity contribution in [3.8, 4) is 17.0 Å². The van der Waals surface area contributed by atoms with E-state index in [4.69, 9.17) is 4.74 Å². The van der Waals surface area contributed by atoms with Crippen LogP contribution in [-0.2, 0) is 0 Å². The third-order valence-corrected chi connectivity index (χ3v) is 5.75. The molecule has 2 heterocycles. The van der Waals surface area contributed by atoms with Gasteiger partial charge in [0, 0.05) is 11.6 Å². The fraction of sp³-hybridized carbons (Fsp3) is 0.455. The molecule has 1 unspecified atom stereocenters. The topological polar surface area (TPSA) is 69.9 Å². The Bertz CT molecular complexity index is 1120. The number of aryl methyl sites for hydroxylation is 3. The maximum absolute atomic E-state index is 13.0. The molecule has 6 nitrogen and oxygen atoms in total. The van der Waals surface area contributed by atoms with Crippen molar-refractivity contribution in [3.05, 3.63) is 45.6 Å². The van der Waals surface area contributed by atoms with Gasteiger partial charge in [0.2, 0.25) is 0 Å². The Morgan fingerprint density at radius 3 is 2.57 bits per heavy atom. The molecule has 6 heteroatoms. The molecular weight excluding hydrogens is 352 g/mol. The van der Waals surface area contributed by atoms with Gasteiger partial charge in [0.15, 0.2) is 5.65 Å². The number of ether oxygens (including phenoxy) is 1. The van der Waals surface area contributed by atoms with Gasteiger partial charge in [0.05, 0.1) is 7.11 Å². The number of nitrogens with zero attached hydrogens (tertiary/aromatic N) is 4. The van der Waals surface area contributed by atoms with E-state index >= 15 is 0 Å². The molecule has 1 aliphatic rings. The maximum atomic E-state index is 13.0. The molecule has 28 heavy (non-hydrogen) atoms. The summed E-state index contributed by atoms with van der Waals surface area (Å²) < 4.78 is 7.31. The van der Waals surface area contributed by atoms with E-state index in [0.717, 1.165) is 34.6 Å². The predicted molar refractivity (Wildman–Crippen MR) is 110 cm³/mol. The Balaban J connectivity index is 2.01. The zero-order valence-corrected chi connectivity index (χ0v) is 17.1. The Morgan fingerprint density at radius 1 is 1.18 bits per heavy atom. The molecule has 0 N–H and O–H groups in total. The molecule has 0 radical (unpaired) electrons. The van der Waals surface area contributed by atoms with Crippen molar-refractivity contribution in [3.63, 3.8) is 0 Å². The minimum atomic E-state index is -0.0430. The van der Waals surface area contributed by atoms with Gasteiger partial charge in [-0.1, -0.05) is 6.92 Å². The van der Waals surface area contributed by atoms with E-state index in [1.807, 2.05) is 24.5 Å². The number of benzene rings is 1. The lowest BCUT2D eigenvalue weighted by atomic mass is 10.0. The first-order chi connectivity index (χ1) is 13.5. The second-order valence-corrected chi connectivity index (χ2v) is 7.72. The Hall–Kier alpha value is -2.76. The molecule has 4 rings (SSSR count). The summed E-state index contributed by atoms with van der Waals surface area (Å²) in [4.78, 5) is 26.7. The molecule has 2 aromatic heterocycles. The molecule has 146 valence electrons. The largest absolute Gasteiger partial charge is 0.496 e. The highest BCUT2D eigenvalue weighted by Crippen LogP contribution is 2.42. The molecule has 1 saturated carbocycles. The summed E-state index contributed by atoms with van der Waals surface area (Å²) in [5.74, 6) is 1.40. The van der Waals surface area contributed by atoms with Crippen LogP contribution in [0, 0.1) is 26.7 Å². The maximum Gasteiger partial charge on any atom is 0.273 e. The van der Waals surface area contributed by atoms with Crippen LogP contribution in [-0.4, -0.2) is 26.6 Å². The van der Waals surface area contributed by atoms with Crippen molar-refractivity contribution in [2.45, 2.75) is 53.0 Å². The monoisotopic (exact) mass is 378 g/mol. The Kier molecular flexibility index (Phi) is 4.65. The number of hydrogen-bond acceptors (Lipinski definition) is 5. The van der Waals surface area contributed by atoms with Crippen molar-refractivity contribution in [2.24, 2.45) is 5.92 Å². The fourth-order valence-corrected chi connectivity index (χ4v) is 4.11. The third-order valence-electron chi connectivity index (χ3n) is 5.75. The van der Waals surface area contributed by atoms with E-state index in [-0.39, 0.29) is 11.6 Å². The number of hydrogen-bond donors (Lipinski definition) is 0. The minimum absolute atomic E-state index is 0.0430. The highest BCUT2D eigenvalue weighted by molar-refractivity contribution is 5.88. The van der Waals surface area contributed by atoms with Gasteiger partial charge in [-0.2, -0.15) is 0 Å². The summed E-state index contributed by atoms with van der Waals surface area (Å²) in [6.45, 7) is 7.96. The van der Waals surface area contributed by atoms with Crippen molar-refractivity contribution in [1.29, 1.82) is 0 Å². The van der Waals surface area contributed by atoms with E-state index in [9.17, 15) is 4.79 Å². The molecular formula is C22H26N4O2. The van der Waals surface area contributed by atoms with Crippen molar-refractivity contribution in [1.82, 2.24) is 19.5 Å². The molecule has 1 aliphatic carbocycles. The molecule has 0 aliphatic heterocycles. The summed E-state index contributed by atoms with van der Waals surface area (Å²) in [5, 5.41) is 0. The van der Waals surface area contributed by atoms with Gasteiger partial charge in [-0.05, 0) is 69.2 Å². The van der Waals surface area contributed by atoms with E-state index in [0.29, 0.717) is 22.8 Å². The normalized spacial score (nSPS) is 15.0. The molecule has 0 bridgehead atoms. The van der Waals surface area contributed by atoms with Crippen LogP contribution in [0.3, 0.4) is 0 Å². The number of methoxy groups -OCH3 is 1. The fourth-order valence-electron chi connectivity index (χ4n) is 4.11. The van der Waals surface area contributed by atoms with E-state index in [2.05, 4.69) is 27.9 Å². The van der Waals surface area contributed by atoms with Crippen molar-refractivity contribution < 1.29 is 4.74 Å². The van der Waals surface area contributed by atoms with Gasteiger partial charge < -0.3 is 4.74 Å². The lowest BCUT2D eigenvalue weighted by Gasteiger charge is -2.20. The van der Waals surface area contributed by atoms with Crippen LogP contribution < -0.4 is 10.3 Å². The van der Waals surface area contributed by atoms with E-state index in [1.54, 1.807) is 20.4 Å². The summed E-state index contributed by atoms with van der Waals surface area (Å²) in [7, 11) is 1.67. The molecule has 1 atom stereocenters. The van der Waals surface area contributed by atoms with Gasteiger partial charge in [0.1, 0.15) is 29.0 Å². The zero-order chi connectivity index (χ0) is 20.0. The Morgan fingerprint density at radius 2 is 1.93 bits per heavy atom. The highest BCUT2D eigenvalue weighted by atomic mass is 16.5. The van der Waals surface area contributed by atoms with Crippen LogP contribution in [0.1, 0.15) is 49.0 Å². The SMILES string of the molecule is CCC(C1CC1)n1c(=O)c(C)nc2c(-c3cc(C)c(OC)cc3C)ncnc21. The van der Waals surface area contributed by atoms with Gasteiger partial charge in [-0.15, -0.1) is 0 Å². The molecule has 0 spiro atoms. The average Bonchev–Trinajstić information content (AvgIpc) is 3.51. The first-order valence-corrected chi connectivity index (χ1v) is 9.85. The predicted octanol–water partition coefficient (Wildman–Crippen LogP) is 4.15. The summed E-state index contributed by atoms with van der Waals surface area (Å²) in [6, 6.07) is 4.25. The number of fused-ring (bicyclic) bond motifs is 1. The molecule has 0 amide bonds. The molecule has 1 aromatic carbocycles. The molecule has 0 saturated heterocycles. The lowest BCUT2D eigenvalue weighted by Crippen LogP contribution is -2.29. The first kappa shape index (κ1) is 18.6. The smallest absolute Gasteiger partial charge is 0.273 e. The summed E-state index contributed by atoms with van der Waals surface area (Å²) in [5.41, 5.74) is 5.60. The lowest BCUT2D eigenvalue weighted by molar-refractivity contribution is 0.411. The van der Waals surface area contributed by atoms with Crippen LogP contribution in [0.25, 0.3) is 22.4 Å². The second kappa shape index (κ2) is 7.00. The highest BCUT2D eigenvalue weighted by Gasteiger charge is 2.33. The van der Waals surface area contributed by atoms with E-state index in [1.165, 1.54) is 12.8 Å². The van der Waals surface area contributed by atoms with Gasteiger partial charge in [0.25, 0.3) is 5.56 Å². The van der Waals surface area contributed by atoms with Crippen molar-refractivity contribution in [2.75, 3.05) is 7.11 Å². The number of rotatable bonds is 5.